The fraction of sp³-hybridized carbons (Fsp3) is 0.286. The van der Waals surface area contributed by atoms with Crippen molar-refractivity contribution in [3.63, 3.8) is 0 Å². The van der Waals surface area contributed by atoms with Crippen LogP contribution >= 0.6 is 38.5 Å². The number of pyridine rings is 1. The van der Waals surface area contributed by atoms with Gasteiger partial charge in [0.2, 0.25) is 0 Å². The fourth-order valence-corrected chi connectivity index (χ4v) is 1.81. The Hall–Kier alpha value is 0.180. The Balaban J connectivity index is 3.22. The largest absolute Gasteiger partial charge is 0.325 e. The standard InChI is InChI=1S/C7H6BrF2IN2/c8-6-3(11)1-4(7(9)10)13-5(6)2-12/h1,7H,2,12H2. The first-order chi connectivity index (χ1) is 6.06. The molecule has 0 aliphatic carbocycles. The molecular formula is C7H6BrF2IN2. The van der Waals surface area contributed by atoms with Crippen molar-refractivity contribution in [2.24, 2.45) is 5.73 Å². The summed E-state index contributed by atoms with van der Waals surface area (Å²) in [5.41, 5.74) is 5.58. The van der Waals surface area contributed by atoms with Crippen LogP contribution in [0.5, 0.6) is 0 Å². The molecule has 0 bridgehead atoms. The van der Waals surface area contributed by atoms with E-state index in [2.05, 4.69) is 20.9 Å². The summed E-state index contributed by atoms with van der Waals surface area (Å²) in [6.07, 6.45) is -2.55. The van der Waals surface area contributed by atoms with Crippen LogP contribution in [-0.4, -0.2) is 4.98 Å². The second kappa shape index (κ2) is 4.61. The van der Waals surface area contributed by atoms with Gasteiger partial charge in [-0.25, -0.2) is 13.8 Å². The number of hydrogen-bond acceptors (Lipinski definition) is 2. The number of alkyl halides is 2. The molecule has 0 unspecified atom stereocenters. The molecule has 0 spiro atoms. The lowest BCUT2D eigenvalue weighted by Gasteiger charge is -2.06. The molecule has 0 saturated heterocycles. The second-order valence-corrected chi connectivity index (χ2v) is 4.25. The van der Waals surface area contributed by atoms with Gasteiger partial charge in [-0.05, 0) is 44.6 Å². The van der Waals surface area contributed by atoms with Crippen LogP contribution in [0.4, 0.5) is 8.78 Å². The van der Waals surface area contributed by atoms with Crippen LogP contribution < -0.4 is 5.73 Å². The number of aromatic nitrogens is 1. The number of halogens is 4. The minimum absolute atomic E-state index is 0.150. The van der Waals surface area contributed by atoms with E-state index in [4.69, 9.17) is 5.73 Å². The SMILES string of the molecule is NCc1nc(C(F)F)cc(I)c1Br. The van der Waals surface area contributed by atoms with Crippen molar-refractivity contribution < 1.29 is 8.78 Å². The molecule has 13 heavy (non-hydrogen) atoms. The van der Waals surface area contributed by atoms with Crippen LogP contribution in [0.1, 0.15) is 17.8 Å². The Morgan fingerprint density at radius 1 is 1.62 bits per heavy atom. The third-order valence-corrected chi connectivity index (χ3v) is 3.90. The average Bonchev–Trinajstić information content (AvgIpc) is 2.09. The molecule has 6 heteroatoms. The third-order valence-electron chi connectivity index (χ3n) is 1.42. The molecule has 0 saturated carbocycles. The van der Waals surface area contributed by atoms with E-state index in [1.165, 1.54) is 6.07 Å². The lowest BCUT2D eigenvalue weighted by Crippen LogP contribution is -2.05. The summed E-state index contributed by atoms with van der Waals surface area (Å²) in [6, 6.07) is 1.34. The highest BCUT2D eigenvalue weighted by molar-refractivity contribution is 14.1. The predicted molar refractivity (Wildman–Crippen MR) is 57.5 cm³/mol. The normalized spacial score (nSPS) is 10.9. The van der Waals surface area contributed by atoms with E-state index in [1.807, 2.05) is 22.6 Å². The summed E-state index contributed by atoms with van der Waals surface area (Å²) in [5, 5.41) is 0. The van der Waals surface area contributed by atoms with Gasteiger partial charge in [-0.3, -0.25) is 0 Å². The molecule has 0 aliphatic rings. The molecular weight excluding hydrogens is 357 g/mol. The van der Waals surface area contributed by atoms with Crippen molar-refractivity contribution in [3.8, 4) is 0 Å². The molecule has 1 heterocycles. The number of nitrogens with two attached hydrogens (primary N) is 1. The van der Waals surface area contributed by atoms with Crippen molar-refractivity contribution in [1.82, 2.24) is 4.98 Å². The van der Waals surface area contributed by atoms with E-state index < -0.39 is 6.43 Å². The van der Waals surface area contributed by atoms with Crippen LogP contribution in [0.15, 0.2) is 10.5 Å². The third kappa shape index (κ3) is 2.57. The second-order valence-electron chi connectivity index (χ2n) is 2.29. The molecule has 72 valence electrons. The Bertz CT molecular complexity index is 320. The van der Waals surface area contributed by atoms with E-state index in [9.17, 15) is 8.78 Å². The zero-order valence-corrected chi connectivity index (χ0v) is 10.1. The molecule has 0 amide bonds. The molecule has 1 aromatic heterocycles. The van der Waals surface area contributed by atoms with Crippen molar-refractivity contribution >= 4 is 38.5 Å². The van der Waals surface area contributed by atoms with Gasteiger partial charge in [-0.2, -0.15) is 0 Å². The van der Waals surface area contributed by atoms with Gasteiger partial charge in [-0.1, -0.05) is 0 Å². The lowest BCUT2D eigenvalue weighted by atomic mass is 10.3. The van der Waals surface area contributed by atoms with Crippen molar-refractivity contribution in [2.45, 2.75) is 13.0 Å². The van der Waals surface area contributed by atoms with Crippen LogP contribution in [-0.2, 0) is 6.54 Å². The van der Waals surface area contributed by atoms with Crippen LogP contribution in [0.2, 0.25) is 0 Å². The summed E-state index contributed by atoms with van der Waals surface area (Å²) in [6.45, 7) is 0.150. The summed E-state index contributed by atoms with van der Waals surface area (Å²) in [7, 11) is 0. The van der Waals surface area contributed by atoms with E-state index in [0.717, 1.165) is 0 Å². The summed E-state index contributed by atoms with van der Waals surface area (Å²) in [4.78, 5) is 3.72. The highest BCUT2D eigenvalue weighted by atomic mass is 127. The zero-order valence-electron chi connectivity index (χ0n) is 6.40. The van der Waals surface area contributed by atoms with Crippen molar-refractivity contribution in [2.75, 3.05) is 0 Å². The molecule has 1 aromatic rings. The fourth-order valence-electron chi connectivity index (χ4n) is 0.815. The average molecular weight is 363 g/mol. The Kier molecular flexibility index (Phi) is 3.99. The maximum atomic E-state index is 12.3. The topological polar surface area (TPSA) is 38.9 Å². The van der Waals surface area contributed by atoms with Crippen LogP contribution in [0.25, 0.3) is 0 Å². The van der Waals surface area contributed by atoms with E-state index in [1.54, 1.807) is 0 Å². The van der Waals surface area contributed by atoms with Crippen molar-refractivity contribution in [3.05, 3.63) is 25.5 Å². The van der Waals surface area contributed by atoms with Crippen molar-refractivity contribution in [1.29, 1.82) is 0 Å². The van der Waals surface area contributed by atoms with Gasteiger partial charge in [0.15, 0.2) is 0 Å². The van der Waals surface area contributed by atoms with Gasteiger partial charge in [0, 0.05) is 10.1 Å². The molecule has 0 atom stereocenters. The summed E-state index contributed by atoms with van der Waals surface area (Å²) < 4.78 is 25.9. The van der Waals surface area contributed by atoms with Gasteiger partial charge < -0.3 is 5.73 Å². The number of hydrogen-bond donors (Lipinski definition) is 1. The van der Waals surface area contributed by atoms with Crippen LogP contribution in [0.3, 0.4) is 0 Å². The minimum atomic E-state index is -2.55. The molecule has 2 nitrogen and oxygen atoms in total. The highest BCUT2D eigenvalue weighted by Crippen LogP contribution is 2.26. The summed E-state index contributed by atoms with van der Waals surface area (Å²) in [5.74, 6) is 0. The molecule has 1 rings (SSSR count). The van der Waals surface area contributed by atoms with E-state index >= 15 is 0 Å². The molecule has 0 aromatic carbocycles. The van der Waals surface area contributed by atoms with E-state index in [-0.39, 0.29) is 12.2 Å². The Morgan fingerprint density at radius 2 is 2.23 bits per heavy atom. The molecule has 0 radical (unpaired) electrons. The zero-order chi connectivity index (χ0) is 10.0. The predicted octanol–water partition coefficient (Wildman–Crippen LogP) is 2.85. The van der Waals surface area contributed by atoms with Gasteiger partial charge in [0.05, 0.1) is 10.2 Å². The molecule has 0 aliphatic heterocycles. The number of nitrogens with zero attached hydrogens (tertiary/aromatic N) is 1. The maximum Gasteiger partial charge on any atom is 0.280 e. The van der Waals surface area contributed by atoms with Gasteiger partial charge in [0.1, 0.15) is 5.69 Å². The van der Waals surface area contributed by atoms with E-state index in [0.29, 0.717) is 13.7 Å². The molecule has 0 fully saturated rings. The lowest BCUT2D eigenvalue weighted by molar-refractivity contribution is 0.145. The molecule has 2 N–H and O–H groups in total. The maximum absolute atomic E-state index is 12.3. The number of rotatable bonds is 2. The minimum Gasteiger partial charge on any atom is -0.325 e. The van der Waals surface area contributed by atoms with Gasteiger partial charge >= 0.3 is 0 Å². The quantitative estimate of drug-likeness (QED) is 0.821. The van der Waals surface area contributed by atoms with Crippen LogP contribution in [0, 0.1) is 3.57 Å². The van der Waals surface area contributed by atoms with Gasteiger partial charge in [-0.15, -0.1) is 0 Å². The first-order valence-corrected chi connectivity index (χ1v) is 5.26. The smallest absolute Gasteiger partial charge is 0.280 e. The highest BCUT2D eigenvalue weighted by Gasteiger charge is 2.13. The first-order valence-electron chi connectivity index (χ1n) is 3.39. The van der Waals surface area contributed by atoms with Gasteiger partial charge in [0.25, 0.3) is 6.43 Å². The summed E-state index contributed by atoms with van der Waals surface area (Å²) >= 11 is 5.19. The monoisotopic (exact) mass is 362 g/mol. The Labute approximate surface area is 96.2 Å². The first kappa shape index (κ1) is 11.3. The Morgan fingerprint density at radius 3 is 2.69 bits per heavy atom.